The van der Waals surface area contributed by atoms with Crippen LogP contribution in [0.1, 0.15) is 75.5 Å². The van der Waals surface area contributed by atoms with E-state index in [2.05, 4.69) is 19.1 Å². The molecule has 1 amide bonds. The summed E-state index contributed by atoms with van der Waals surface area (Å²) in [4.78, 5) is 26.3. The number of rotatable bonds is 15. The second-order valence-corrected chi connectivity index (χ2v) is 10.5. The molecule has 0 spiro atoms. The normalized spacial score (nSPS) is 16.9. The number of phenols is 1. The zero-order chi connectivity index (χ0) is 27.5. The largest absolute Gasteiger partial charge is 0.504 e. The molecule has 3 atom stereocenters. The number of aliphatic hydroxyl groups excluding tert-OH is 1. The van der Waals surface area contributed by atoms with E-state index < -0.39 is 12.2 Å². The molecule has 2 N–H and O–H groups in total. The summed E-state index contributed by atoms with van der Waals surface area (Å²) in [5.41, 5.74) is 2.77. The van der Waals surface area contributed by atoms with E-state index >= 15 is 0 Å². The third-order valence-corrected chi connectivity index (χ3v) is 7.22. The first-order valence-corrected chi connectivity index (χ1v) is 13.8. The van der Waals surface area contributed by atoms with Gasteiger partial charge in [-0.25, -0.2) is 0 Å². The maximum absolute atomic E-state index is 12.8. The van der Waals surface area contributed by atoms with Gasteiger partial charge in [-0.3, -0.25) is 9.59 Å². The van der Waals surface area contributed by atoms with E-state index in [-0.39, 0.29) is 23.5 Å². The van der Waals surface area contributed by atoms with Gasteiger partial charge in [-0.1, -0.05) is 62.6 Å². The summed E-state index contributed by atoms with van der Waals surface area (Å²) >= 11 is 0. The molecule has 2 aromatic rings. The van der Waals surface area contributed by atoms with Gasteiger partial charge >= 0.3 is 5.97 Å². The van der Waals surface area contributed by atoms with Gasteiger partial charge in [0.1, 0.15) is 6.10 Å². The Balaban J connectivity index is 1.65. The lowest BCUT2D eigenvalue weighted by Gasteiger charge is -2.22. The number of ether oxygens (including phenoxy) is 2. The number of aryl methyl sites for hydroxylation is 1. The number of benzene rings is 2. The van der Waals surface area contributed by atoms with Crippen molar-refractivity contribution >= 4 is 11.9 Å². The first kappa shape index (κ1) is 29.5. The minimum absolute atomic E-state index is 0.0402. The molecule has 1 fully saturated rings. The Morgan fingerprint density at radius 3 is 2.58 bits per heavy atom. The smallest absolute Gasteiger partial charge is 0.302 e. The van der Waals surface area contributed by atoms with Crippen LogP contribution in [0.25, 0.3) is 0 Å². The number of aromatic hydroxyl groups is 1. The fraction of sp³-hybridized carbons (Fsp3) is 0.548. The summed E-state index contributed by atoms with van der Waals surface area (Å²) < 4.78 is 10.9. The highest BCUT2D eigenvalue weighted by Crippen LogP contribution is 2.34. The fourth-order valence-corrected chi connectivity index (χ4v) is 5.28. The van der Waals surface area contributed by atoms with Crippen molar-refractivity contribution < 1.29 is 29.3 Å². The summed E-state index contributed by atoms with van der Waals surface area (Å²) in [6, 6.07) is 13.9. The number of phenolic OH excluding ortho intramolecular Hbond substituents is 1. The number of esters is 1. The SMILES string of the molecule is CCCCCC(O)CC(CCc1cc(CN2CC(Cc3ccccc3)CC2=O)c(O)c(OC)c1)OC(C)=O. The predicted octanol–water partition coefficient (Wildman–Crippen LogP) is 5.19. The molecule has 38 heavy (non-hydrogen) atoms. The Labute approximate surface area is 226 Å². The van der Waals surface area contributed by atoms with Crippen LogP contribution in [0.15, 0.2) is 42.5 Å². The van der Waals surface area contributed by atoms with Gasteiger partial charge < -0.3 is 24.6 Å². The Morgan fingerprint density at radius 2 is 1.89 bits per heavy atom. The molecule has 3 unspecified atom stereocenters. The Kier molecular flexibility index (Phi) is 11.5. The van der Waals surface area contributed by atoms with Gasteiger partial charge in [0.25, 0.3) is 0 Å². The molecule has 0 saturated carbocycles. The lowest BCUT2D eigenvalue weighted by atomic mass is 9.98. The number of likely N-dealkylation sites (tertiary alicyclic amines) is 1. The van der Waals surface area contributed by atoms with E-state index in [0.717, 1.165) is 31.2 Å². The monoisotopic (exact) mass is 525 g/mol. The Morgan fingerprint density at radius 1 is 1.13 bits per heavy atom. The van der Waals surface area contributed by atoms with E-state index in [1.165, 1.54) is 19.6 Å². The van der Waals surface area contributed by atoms with Crippen LogP contribution >= 0.6 is 0 Å². The zero-order valence-corrected chi connectivity index (χ0v) is 23.0. The molecule has 208 valence electrons. The number of unbranched alkanes of at least 4 members (excludes halogenated alkanes) is 2. The molecule has 7 nitrogen and oxygen atoms in total. The molecule has 3 rings (SSSR count). The number of amides is 1. The van der Waals surface area contributed by atoms with Crippen molar-refractivity contribution in [3.05, 3.63) is 59.2 Å². The van der Waals surface area contributed by atoms with Crippen LogP contribution in [0.3, 0.4) is 0 Å². The zero-order valence-electron chi connectivity index (χ0n) is 23.0. The number of hydrogen-bond donors (Lipinski definition) is 2. The second-order valence-electron chi connectivity index (χ2n) is 10.5. The number of carbonyl (C=O) groups excluding carboxylic acids is 2. The molecule has 1 aliphatic rings. The summed E-state index contributed by atoms with van der Waals surface area (Å²) in [5, 5.41) is 21.2. The molecule has 2 aromatic carbocycles. The molecule has 1 heterocycles. The topological polar surface area (TPSA) is 96.3 Å². The van der Waals surface area contributed by atoms with E-state index in [1.54, 1.807) is 11.0 Å². The van der Waals surface area contributed by atoms with Crippen molar-refractivity contribution in [2.45, 2.75) is 90.4 Å². The molecular formula is C31H43NO6. The first-order chi connectivity index (χ1) is 18.3. The predicted molar refractivity (Wildman–Crippen MR) is 147 cm³/mol. The van der Waals surface area contributed by atoms with Crippen LogP contribution < -0.4 is 4.74 Å². The highest BCUT2D eigenvalue weighted by Gasteiger charge is 2.30. The second kappa shape index (κ2) is 14.8. The third kappa shape index (κ3) is 9.05. The van der Waals surface area contributed by atoms with Crippen molar-refractivity contribution in [1.29, 1.82) is 0 Å². The number of methoxy groups -OCH3 is 1. The average molecular weight is 526 g/mol. The van der Waals surface area contributed by atoms with Crippen LogP contribution in [0.2, 0.25) is 0 Å². The van der Waals surface area contributed by atoms with E-state index in [0.29, 0.717) is 56.5 Å². The van der Waals surface area contributed by atoms with Crippen molar-refractivity contribution in [1.82, 2.24) is 4.90 Å². The van der Waals surface area contributed by atoms with E-state index in [4.69, 9.17) is 9.47 Å². The number of nitrogens with zero attached hydrogens (tertiary/aromatic N) is 1. The van der Waals surface area contributed by atoms with Crippen molar-refractivity contribution in [2.75, 3.05) is 13.7 Å². The molecular weight excluding hydrogens is 482 g/mol. The van der Waals surface area contributed by atoms with E-state index in [9.17, 15) is 19.8 Å². The van der Waals surface area contributed by atoms with Crippen LogP contribution in [0.5, 0.6) is 11.5 Å². The minimum atomic E-state index is -0.513. The Bertz CT molecular complexity index is 1040. The van der Waals surface area contributed by atoms with Crippen molar-refractivity contribution in [2.24, 2.45) is 5.92 Å². The van der Waals surface area contributed by atoms with Crippen LogP contribution in [0, 0.1) is 5.92 Å². The van der Waals surface area contributed by atoms with Gasteiger partial charge in [-0.2, -0.15) is 0 Å². The quantitative estimate of drug-likeness (QED) is 0.245. The van der Waals surface area contributed by atoms with Gasteiger partial charge in [0.2, 0.25) is 5.91 Å². The van der Waals surface area contributed by atoms with Crippen molar-refractivity contribution in [3.8, 4) is 11.5 Å². The van der Waals surface area contributed by atoms with Crippen LogP contribution in [-0.4, -0.2) is 52.9 Å². The first-order valence-electron chi connectivity index (χ1n) is 13.8. The van der Waals surface area contributed by atoms with Crippen molar-refractivity contribution in [3.63, 3.8) is 0 Å². The maximum atomic E-state index is 12.8. The Hall–Kier alpha value is -3.06. The van der Waals surface area contributed by atoms with Crippen LogP contribution in [0.4, 0.5) is 0 Å². The summed E-state index contributed by atoms with van der Waals surface area (Å²) in [6.45, 7) is 4.46. The van der Waals surface area contributed by atoms with E-state index in [1.807, 2.05) is 24.3 Å². The molecule has 0 bridgehead atoms. The third-order valence-electron chi connectivity index (χ3n) is 7.22. The van der Waals surface area contributed by atoms with Crippen LogP contribution in [-0.2, 0) is 33.7 Å². The molecule has 7 heteroatoms. The highest BCUT2D eigenvalue weighted by atomic mass is 16.5. The van der Waals surface area contributed by atoms with Gasteiger partial charge in [0, 0.05) is 38.4 Å². The number of aliphatic hydroxyl groups is 1. The average Bonchev–Trinajstić information content (AvgIpc) is 3.22. The minimum Gasteiger partial charge on any atom is -0.504 e. The molecule has 0 aromatic heterocycles. The van der Waals surface area contributed by atoms with Gasteiger partial charge in [0.15, 0.2) is 11.5 Å². The lowest BCUT2D eigenvalue weighted by molar-refractivity contribution is -0.148. The highest BCUT2D eigenvalue weighted by molar-refractivity contribution is 5.78. The van der Waals surface area contributed by atoms with Gasteiger partial charge in [0.05, 0.1) is 13.2 Å². The molecule has 0 radical (unpaired) electrons. The molecule has 1 saturated heterocycles. The summed E-state index contributed by atoms with van der Waals surface area (Å²) in [7, 11) is 1.51. The van der Waals surface area contributed by atoms with Gasteiger partial charge in [-0.05, 0) is 48.8 Å². The fourth-order valence-electron chi connectivity index (χ4n) is 5.28. The molecule has 1 aliphatic heterocycles. The van der Waals surface area contributed by atoms with Gasteiger partial charge in [-0.15, -0.1) is 0 Å². The number of hydrogen-bond acceptors (Lipinski definition) is 6. The number of carbonyl (C=O) groups is 2. The molecule has 0 aliphatic carbocycles. The standard InChI is InChI=1S/C31H43NO6/c1-4-5-7-12-27(34)19-28(38-22(2)33)14-13-24-16-26(31(36)29(17-24)37-3)21-32-20-25(18-30(32)35)15-23-10-8-6-9-11-23/h6,8-11,16-17,25,27-28,34,36H,4-5,7,12-15,18-21H2,1-3H3. The maximum Gasteiger partial charge on any atom is 0.302 e. The summed E-state index contributed by atoms with van der Waals surface area (Å²) in [6.07, 6.45) is 5.75. The summed E-state index contributed by atoms with van der Waals surface area (Å²) in [5.74, 6) is 0.358. The lowest BCUT2D eigenvalue weighted by Crippen LogP contribution is -2.25.